The third-order valence-electron chi connectivity index (χ3n) is 5.08. The SMILES string of the molecule is Cc1ccn2c(NC(C)(C)CC(C)(C)C)c(-c3ccc(OC(=O)CCCCl)cc3)nc2c1. The maximum Gasteiger partial charge on any atom is 0.311 e. The fraction of sp³-hybridized carbons (Fsp3) is 0.462. The first kappa shape index (κ1) is 24.1. The van der Waals surface area contributed by atoms with E-state index in [9.17, 15) is 4.79 Å². The molecule has 32 heavy (non-hydrogen) atoms. The van der Waals surface area contributed by atoms with E-state index >= 15 is 0 Å². The lowest BCUT2D eigenvalue weighted by Crippen LogP contribution is -2.36. The van der Waals surface area contributed by atoms with Crippen LogP contribution >= 0.6 is 11.6 Å². The van der Waals surface area contributed by atoms with Crippen LogP contribution in [0.2, 0.25) is 0 Å². The molecule has 3 aromatic rings. The van der Waals surface area contributed by atoms with Crippen LogP contribution in [0, 0.1) is 12.3 Å². The van der Waals surface area contributed by atoms with Gasteiger partial charge in [0.15, 0.2) is 0 Å². The zero-order chi connectivity index (χ0) is 23.5. The summed E-state index contributed by atoms with van der Waals surface area (Å²) < 4.78 is 7.51. The molecule has 0 unspecified atom stereocenters. The van der Waals surface area contributed by atoms with Gasteiger partial charge >= 0.3 is 5.97 Å². The second kappa shape index (κ2) is 9.53. The van der Waals surface area contributed by atoms with Gasteiger partial charge in [-0.2, -0.15) is 0 Å². The number of fused-ring (bicyclic) bond motifs is 1. The Balaban J connectivity index is 1.95. The number of benzene rings is 1. The van der Waals surface area contributed by atoms with Crippen LogP contribution in [0.3, 0.4) is 0 Å². The number of carbonyl (C=O) groups is 1. The van der Waals surface area contributed by atoms with Gasteiger partial charge in [0, 0.05) is 29.6 Å². The molecule has 172 valence electrons. The molecule has 1 aromatic carbocycles. The number of aryl methyl sites for hydroxylation is 1. The minimum atomic E-state index is -0.270. The number of pyridine rings is 1. The summed E-state index contributed by atoms with van der Waals surface area (Å²) in [6.07, 6.45) is 3.98. The predicted octanol–water partition coefficient (Wildman–Crippen LogP) is 6.86. The Bertz CT molecular complexity index is 1080. The summed E-state index contributed by atoms with van der Waals surface area (Å²) in [5, 5.41) is 3.76. The van der Waals surface area contributed by atoms with Crippen molar-refractivity contribution in [3.8, 4) is 17.0 Å². The number of aromatic nitrogens is 2. The number of rotatable bonds is 8. The van der Waals surface area contributed by atoms with Gasteiger partial charge in [-0.25, -0.2) is 4.98 Å². The average molecular weight is 456 g/mol. The first-order valence-electron chi connectivity index (χ1n) is 11.1. The number of imidazole rings is 1. The minimum Gasteiger partial charge on any atom is -0.427 e. The van der Waals surface area contributed by atoms with E-state index in [1.54, 1.807) is 0 Å². The molecule has 6 heteroatoms. The average Bonchev–Trinajstić information content (AvgIpc) is 3.01. The number of hydrogen-bond acceptors (Lipinski definition) is 4. The summed E-state index contributed by atoms with van der Waals surface area (Å²) in [4.78, 5) is 16.8. The molecule has 1 N–H and O–H groups in total. The Morgan fingerprint density at radius 1 is 1.12 bits per heavy atom. The Hall–Kier alpha value is -2.53. The topological polar surface area (TPSA) is 55.6 Å². The number of carbonyl (C=O) groups excluding carboxylic acids is 1. The largest absolute Gasteiger partial charge is 0.427 e. The zero-order valence-electron chi connectivity index (χ0n) is 20.0. The van der Waals surface area contributed by atoms with Crippen molar-refractivity contribution in [1.29, 1.82) is 0 Å². The Morgan fingerprint density at radius 3 is 2.44 bits per heavy atom. The molecule has 0 aliphatic rings. The Morgan fingerprint density at radius 2 is 1.81 bits per heavy atom. The van der Waals surface area contributed by atoms with Gasteiger partial charge in [-0.15, -0.1) is 11.6 Å². The number of alkyl halides is 1. The summed E-state index contributed by atoms with van der Waals surface area (Å²) in [5.41, 5.74) is 3.94. The predicted molar refractivity (Wildman–Crippen MR) is 133 cm³/mol. The quantitative estimate of drug-likeness (QED) is 0.229. The molecule has 0 aliphatic heterocycles. The number of esters is 1. The van der Waals surface area contributed by atoms with Gasteiger partial charge in [-0.1, -0.05) is 20.8 Å². The first-order valence-corrected chi connectivity index (χ1v) is 11.6. The molecule has 0 bridgehead atoms. The summed E-state index contributed by atoms with van der Waals surface area (Å²) in [7, 11) is 0. The molecule has 0 saturated carbocycles. The summed E-state index contributed by atoms with van der Waals surface area (Å²) in [5.74, 6) is 1.66. The number of hydrogen-bond donors (Lipinski definition) is 1. The summed E-state index contributed by atoms with van der Waals surface area (Å²) >= 11 is 5.65. The van der Waals surface area contributed by atoms with Crippen molar-refractivity contribution >= 4 is 29.0 Å². The minimum absolute atomic E-state index is 0.133. The zero-order valence-corrected chi connectivity index (χ0v) is 20.7. The lowest BCUT2D eigenvalue weighted by molar-refractivity contribution is -0.134. The molecule has 0 saturated heterocycles. The van der Waals surface area contributed by atoms with Gasteiger partial charge in [0.2, 0.25) is 0 Å². The highest BCUT2D eigenvalue weighted by atomic mass is 35.5. The van der Waals surface area contributed by atoms with Crippen LogP contribution in [-0.2, 0) is 4.79 Å². The van der Waals surface area contributed by atoms with Crippen molar-refractivity contribution in [3.05, 3.63) is 48.2 Å². The summed E-state index contributed by atoms with van der Waals surface area (Å²) in [6.45, 7) is 13.3. The molecule has 0 atom stereocenters. The van der Waals surface area contributed by atoms with Crippen LogP contribution in [0.4, 0.5) is 5.82 Å². The van der Waals surface area contributed by atoms with Crippen molar-refractivity contribution in [3.63, 3.8) is 0 Å². The Labute approximate surface area is 196 Å². The monoisotopic (exact) mass is 455 g/mol. The molecule has 0 fully saturated rings. The van der Waals surface area contributed by atoms with E-state index in [1.807, 2.05) is 24.3 Å². The summed E-state index contributed by atoms with van der Waals surface area (Å²) in [6, 6.07) is 11.7. The van der Waals surface area contributed by atoms with Crippen LogP contribution in [0.1, 0.15) is 59.4 Å². The van der Waals surface area contributed by atoms with E-state index in [0.717, 1.165) is 34.7 Å². The number of anilines is 1. The third-order valence-corrected chi connectivity index (χ3v) is 5.35. The number of halogens is 1. The fourth-order valence-electron chi connectivity index (χ4n) is 4.23. The highest BCUT2D eigenvalue weighted by molar-refractivity contribution is 6.17. The molecule has 0 spiro atoms. The maximum atomic E-state index is 11.9. The number of nitrogens with one attached hydrogen (secondary N) is 1. The maximum absolute atomic E-state index is 11.9. The molecule has 2 aromatic heterocycles. The standard InChI is InChI=1S/C26H34ClN3O2/c1-18-13-15-30-21(16-18)28-23(24(30)29-26(5,6)17-25(2,3)4)19-9-11-20(12-10-19)32-22(31)8-7-14-27/h9-13,15-16,29H,7-8,14,17H2,1-6H3. The van der Waals surface area contributed by atoms with Crippen molar-refractivity contribution in [2.45, 2.75) is 66.3 Å². The molecule has 0 aliphatic carbocycles. The van der Waals surface area contributed by atoms with Gasteiger partial charge < -0.3 is 10.1 Å². The molecule has 3 rings (SSSR count). The van der Waals surface area contributed by atoms with Crippen LogP contribution in [0.5, 0.6) is 5.75 Å². The Kier molecular flexibility index (Phi) is 7.19. The van der Waals surface area contributed by atoms with Crippen LogP contribution in [0.25, 0.3) is 16.9 Å². The van der Waals surface area contributed by atoms with Crippen molar-refractivity contribution in [1.82, 2.24) is 9.38 Å². The molecule has 0 amide bonds. The second-order valence-electron chi connectivity index (χ2n) is 10.3. The highest BCUT2D eigenvalue weighted by Crippen LogP contribution is 2.35. The second-order valence-corrected chi connectivity index (χ2v) is 10.7. The highest BCUT2D eigenvalue weighted by Gasteiger charge is 2.28. The molecular formula is C26H34ClN3O2. The van der Waals surface area contributed by atoms with Crippen LogP contribution in [-0.4, -0.2) is 26.8 Å². The molecule has 0 radical (unpaired) electrons. The van der Waals surface area contributed by atoms with E-state index in [4.69, 9.17) is 21.3 Å². The van der Waals surface area contributed by atoms with E-state index < -0.39 is 0 Å². The van der Waals surface area contributed by atoms with Gasteiger partial charge in [0.25, 0.3) is 0 Å². The van der Waals surface area contributed by atoms with Crippen LogP contribution in [0.15, 0.2) is 42.6 Å². The molecule has 5 nitrogen and oxygen atoms in total. The van der Waals surface area contributed by atoms with Crippen LogP contribution < -0.4 is 10.1 Å². The van der Waals surface area contributed by atoms with Crippen molar-refractivity contribution in [2.75, 3.05) is 11.2 Å². The van der Waals surface area contributed by atoms with Gasteiger partial charge in [-0.3, -0.25) is 9.20 Å². The number of nitrogens with zero attached hydrogens (tertiary/aromatic N) is 2. The van der Waals surface area contributed by atoms with Gasteiger partial charge in [0.1, 0.15) is 22.9 Å². The molecular weight excluding hydrogens is 422 g/mol. The van der Waals surface area contributed by atoms with Gasteiger partial charge in [0.05, 0.1) is 0 Å². The van der Waals surface area contributed by atoms with Gasteiger partial charge in [-0.05, 0) is 81.0 Å². The van der Waals surface area contributed by atoms with E-state index in [0.29, 0.717) is 24.5 Å². The third kappa shape index (κ3) is 6.26. The van der Waals surface area contributed by atoms with E-state index in [1.165, 1.54) is 0 Å². The fourth-order valence-corrected chi connectivity index (χ4v) is 4.37. The molecule has 2 heterocycles. The van der Waals surface area contributed by atoms with Crippen molar-refractivity contribution in [2.24, 2.45) is 5.41 Å². The first-order chi connectivity index (χ1) is 15.0. The normalized spacial score (nSPS) is 12.2. The lowest BCUT2D eigenvalue weighted by atomic mass is 9.82. The van der Waals surface area contributed by atoms with E-state index in [2.05, 4.69) is 69.6 Å². The van der Waals surface area contributed by atoms with Crippen molar-refractivity contribution < 1.29 is 9.53 Å². The lowest BCUT2D eigenvalue weighted by Gasteiger charge is -2.34. The smallest absolute Gasteiger partial charge is 0.311 e. The number of ether oxygens (including phenoxy) is 1. The van der Waals surface area contributed by atoms with E-state index in [-0.39, 0.29) is 16.9 Å².